The molecule has 23 heavy (non-hydrogen) atoms. The van der Waals surface area contributed by atoms with E-state index in [0.29, 0.717) is 27.7 Å². The average Bonchev–Trinajstić information content (AvgIpc) is 2.98. The molecule has 1 heterocycles. The minimum atomic E-state index is -0.501. The van der Waals surface area contributed by atoms with Crippen molar-refractivity contribution in [3.8, 4) is 0 Å². The smallest absolute Gasteiger partial charge is 0.270 e. The first-order valence-corrected chi connectivity index (χ1v) is 6.85. The third kappa shape index (κ3) is 2.90. The maximum atomic E-state index is 12.4. The van der Waals surface area contributed by atoms with Crippen molar-refractivity contribution in [1.82, 2.24) is 4.98 Å². The number of fused-ring (bicyclic) bond motifs is 1. The first kappa shape index (κ1) is 14.7. The van der Waals surface area contributed by atoms with Crippen molar-refractivity contribution in [2.45, 2.75) is 6.61 Å². The number of nitro benzene ring substituents is 1. The van der Waals surface area contributed by atoms with Gasteiger partial charge in [0.15, 0.2) is 0 Å². The standard InChI is InChI=1S/C16H13N3O4/c20-9-10-2-1-3-11(6-10)18-16(21)14-8-17-15-5-4-12(19(22)23)7-13(14)15/h1-8,17,20H,9H2,(H,18,21). The molecular formula is C16H13N3O4. The van der Waals surface area contributed by atoms with Gasteiger partial charge in [0.2, 0.25) is 0 Å². The minimum absolute atomic E-state index is 0.0755. The maximum Gasteiger partial charge on any atom is 0.270 e. The number of nitrogens with zero attached hydrogens (tertiary/aromatic N) is 1. The highest BCUT2D eigenvalue weighted by Gasteiger charge is 2.15. The number of rotatable bonds is 4. The van der Waals surface area contributed by atoms with Crippen molar-refractivity contribution in [2.75, 3.05) is 5.32 Å². The van der Waals surface area contributed by atoms with E-state index in [1.165, 1.54) is 18.3 Å². The molecule has 7 nitrogen and oxygen atoms in total. The zero-order chi connectivity index (χ0) is 16.4. The molecule has 116 valence electrons. The van der Waals surface area contributed by atoms with Gasteiger partial charge in [-0.2, -0.15) is 0 Å². The van der Waals surface area contributed by atoms with Crippen LogP contribution in [0, 0.1) is 10.1 Å². The number of non-ortho nitro benzene ring substituents is 1. The van der Waals surface area contributed by atoms with Crippen molar-refractivity contribution in [1.29, 1.82) is 0 Å². The second kappa shape index (κ2) is 5.90. The summed E-state index contributed by atoms with van der Waals surface area (Å²) in [5.74, 6) is -0.383. The van der Waals surface area contributed by atoms with Gasteiger partial charge >= 0.3 is 0 Å². The van der Waals surface area contributed by atoms with Crippen LogP contribution in [0.1, 0.15) is 15.9 Å². The second-order valence-corrected chi connectivity index (χ2v) is 5.00. The van der Waals surface area contributed by atoms with Gasteiger partial charge in [-0.05, 0) is 23.8 Å². The van der Waals surface area contributed by atoms with E-state index in [-0.39, 0.29) is 18.2 Å². The van der Waals surface area contributed by atoms with E-state index in [1.54, 1.807) is 30.3 Å². The molecule has 3 rings (SSSR count). The molecular weight excluding hydrogens is 298 g/mol. The Morgan fingerprint density at radius 2 is 2.09 bits per heavy atom. The van der Waals surface area contributed by atoms with Crippen LogP contribution >= 0.6 is 0 Å². The molecule has 1 amide bonds. The molecule has 0 radical (unpaired) electrons. The predicted octanol–water partition coefficient (Wildman–Crippen LogP) is 2.82. The third-order valence-electron chi connectivity index (χ3n) is 3.49. The lowest BCUT2D eigenvalue weighted by Gasteiger charge is -2.06. The summed E-state index contributed by atoms with van der Waals surface area (Å²) in [6, 6.07) is 11.1. The number of aromatic amines is 1. The summed E-state index contributed by atoms with van der Waals surface area (Å²) >= 11 is 0. The summed E-state index contributed by atoms with van der Waals surface area (Å²) in [5.41, 5.74) is 2.11. The van der Waals surface area contributed by atoms with Crippen LogP contribution in [0.3, 0.4) is 0 Å². The van der Waals surface area contributed by atoms with Crippen molar-refractivity contribution in [3.63, 3.8) is 0 Å². The molecule has 0 atom stereocenters. The van der Waals surface area contributed by atoms with Gasteiger partial charge in [0.25, 0.3) is 11.6 Å². The number of anilines is 1. The number of benzene rings is 2. The van der Waals surface area contributed by atoms with Crippen LogP contribution in [0.15, 0.2) is 48.7 Å². The number of nitro groups is 1. The van der Waals surface area contributed by atoms with Crippen LogP contribution in [-0.4, -0.2) is 20.9 Å². The highest BCUT2D eigenvalue weighted by molar-refractivity contribution is 6.13. The Bertz CT molecular complexity index is 901. The van der Waals surface area contributed by atoms with Gasteiger partial charge in [0.1, 0.15) is 0 Å². The summed E-state index contributed by atoms with van der Waals surface area (Å²) in [5, 5.41) is 23.2. The summed E-state index contributed by atoms with van der Waals surface area (Å²) < 4.78 is 0. The zero-order valence-electron chi connectivity index (χ0n) is 11.9. The van der Waals surface area contributed by atoms with Crippen molar-refractivity contribution >= 4 is 28.2 Å². The van der Waals surface area contributed by atoms with E-state index < -0.39 is 4.92 Å². The summed E-state index contributed by atoms with van der Waals surface area (Å²) in [6.07, 6.45) is 1.51. The van der Waals surface area contributed by atoms with E-state index in [9.17, 15) is 14.9 Å². The first-order chi connectivity index (χ1) is 11.1. The highest BCUT2D eigenvalue weighted by Crippen LogP contribution is 2.24. The molecule has 1 aromatic heterocycles. The average molecular weight is 311 g/mol. The van der Waals surface area contributed by atoms with Crippen LogP contribution in [0.2, 0.25) is 0 Å². The first-order valence-electron chi connectivity index (χ1n) is 6.85. The van der Waals surface area contributed by atoms with E-state index in [1.807, 2.05) is 0 Å². The normalized spacial score (nSPS) is 10.7. The largest absolute Gasteiger partial charge is 0.392 e. The lowest BCUT2D eigenvalue weighted by molar-refractivity contribution is -0.384. The summed E-state index contributed by atoms with van der Waals surface area (Å²) in [4.78, 5) is 25.7. The molecule has 0 saturated heterocycles. The molecule has 3 N–H and O–H groups in total. The molecule has 3 aromatic rings. The molecule has 0 saturated carbocycles. The molecule has 0 bridgehead atoms. The number of hydrogen-bond donors (Lipinski definition) is 3. The molecule has 2 aromatic carbocycles. The van der Waals surface area contributed by atoms with Crippen LogP contribution in [0.5, 0.6) is 0 Å². The Kier molecular flexibility index (Phi) is 3.78. The third-order valence-corrected chi connectivity index (χ3v) is 3.49. The van der Waals surface area contributed by atoms with Crippen LogP contribution in [-0.2, 0) is 6.61 Å². The quantitative estimate of drug-likeness (QED) is 0.508. The molecule has 0 fully saturated rings. The van der Waals surface area contributed by atoms with Gasteiger partial charge in [-0.15, -0.1) is 0 Å². The second-order valence-electron chi connectivity index (χ2n) is 5.00. The Balaban J connectivity index is 1.94. The molecule has 7 heteroatoms. The SMILES string of the molecule is O=C(Nc1cccc(CO)c1)c1c[nH]c2ccc([N+](=O)[O-])cc12. The van der Waals surface area contributed by atoms with Crippen LogP contribution < -0.4 is 5.32 Å². The summed E-state index contributed by atoms with van der Waals surface area (Å²) in [7, 11) is 0. The highest BCUT2D eigenvalue weighted by atomic mass is 16.6. The lowest BCUT2D eigenvalue weighted by Crippen LogP contribution is -2.11. The monoisotopic (exact) mass is 311 g/mol. The van der Waals surface area contributed by atoms with Gasteiger partial charge in [0, 0.05) is 34.9 Å². The van der Waals surface area contributed by atoms with E-state index in [2.05, 4.69) is 10.3 Å². The van der Waals surface area contributed by atoms with Gasteiger partial charge in [-0.25, -0.2) is 0 Å². The fraction of sp³-hybridized carbons (Fsp3) is 0.0625. The maximum absolute atomic E-state index is 12.4. The van der Waals surface area contributed by atoms with E-state index >= 15 is 0 Å². The molecule has 0 aliphatic heterocycles. The van der Waals surface area contributed by atoms with Crippen molar-refractivity contribution < 1.29 is 14.8 Å². The number of carbonyl (C=O) groups is 1. The lowest BCUT2D eigenvalue weighted by atomic mass is 10.1. The number of H-pyrrole nitrogens is 1. The number of aromatic nitrogens is 1. The Hall–Kier alpha value is -3.19. The van der Waals surface area contributed by atoms with Crippen molar-refractivity contribution in [3.05, 3.63) is 69.9 Å². The van der Waals surface area contributed by atoms with Gasteiger partial charge in [-0.1, -0.05) is 12.1 Å². The van der Waals surface area contributed by atoms with Gasteiger partial charge < -0.3 is 15.4 Å². The van der Waals surface area contributed by atoms with Gasteiger partial charge in [-0.3, -0.25) is 14.9 Å². The van der Waals surface area contributed by atoms with Crippen LogP contribution in [0.25, 0.3) is 10.9 Å². The fourth-order valence-electron chi connectivity index (χ4n) is 2.36. The van der Waals surface area contributed by atoms with Gasteiger partial charge in [0.05, 0.1) is 17.1 Å². The Morgan fingerprint density at radius 1 is 1.26 bits per heavy atom. The number of nitrogens with one attached hydrogen (secondary N) is 2. The van der Waals surface area contributed by atoms with Crippen molar-refractivity contribution in [2.24, 2.45) is 0 Å². The minimum Gasteiger partial charge on any atom is -0.392 e. The number of carbonyl (C=O) groups excluding carboxylic acids is 1. The zero-order valence-corrected chi connectivity index (χ0v) is 11.9. The molecule has 0 unspecified atom stereocenters. The number of hydrogen-bond acceptors (Lipinski definition) is 4. The van der Waals surface area contributed by atoms with E-state index in [4.69, 9.17) is 5.11 Å². The Morgan fingerprint density at radius 3 is 2.83 bits per heavy atom. The summed E-state index contributed by atoms with van der Waals surface area (Å²) in [6.45, 7) is -0.122. The van der Waals surface area contributed by atoms with E-state index in [0.717, 1.165) is 0 Å². The predicted molar refractivity (Wildman–Crippen MR) is 85.3 cm³/mol. The number of aliphatic hydroxyl groups is 1. The topological polar surface area (TPSA) is 108 Å². The molecule has 0 aliphatic rings. The fourth-order valence-corrected chi connectivity index (χ4v) is 2.36. The van der Waals surface area contributed by atoms with Crippen LogP contribution in [0.4, 0.5) is 11.4 Å². The number of aliphatic hydroxyl groups excluding tert-OH is 1. The Labute approximate surface area is 130 Å². The molecule has 0 aliphatic carbocycles. The number of amides is 1. The molecule has 0 spiro atoms.